The van der Waals surface area contributed by atoms with Crippen LogP contribution in [0.4, 0.5) is 5.82 Å². The predicted octanol–water partition coefficient (Wildman–Crippen LogP) is 4.58. The van der Waals surface area contributed by atoms with Gasteiger partial charge in [-0.15, -0.1) is 10.2 Å². The van der Waals surface area contributed by atoms with Crippen LogP contribution in [-0.2, 0) is 6.54 Å². The van der Waals surface area contributed by atoms with Gasteiger partial charge in [0.2, 0.25) is 0 Å². The molecule has 4 rings (SSSR count). The summed E-state index contributed by atoms with van der Waals surface area (Å²) in [4.78, 5) is 4.29. The average Bonchev–Trinajstić information content (AvgIpc) is 3.24. The third-order valence-corrected chi connectivity index (χ3v) is 5.07. The van der Waals surface area contributed by atoms with Crippen molar-refractivity contribution in [2.45, 2.75) is 20.4 Å². The Morgan fingerprint density at radius 3 is 2.39 bits per heavy atom. The summed E-state index contributed by atoms with van der Waals surface area (Å²) in [5.41, 5.74) is 5.77. The van der Waals surface area contributed by atoms with Gasteiger partial charge >= 0.3 is 0 Å². The van der Waals surface area contributed by atoms with Gasteiger partial charge in [-0.1, -0.05) is 18.2 Å². The summed E-state index contributed by atoms with van der Waals surface area (Å²) in [6.07, 6.45) is 3.74. The molecule has 31 heavy (non-hydrogen) atoms. The molecule has 0 radical (unpaired) electrons. The molecule has 0 aliphatic heterocycles. The quantitative estimate of drug-likeness (QED) is 0.476. The van der Waals surface area contributed by atoms with E-state index in [1.807, 2.05) is 73.1 Å². The van der Waals surface area contributed by atoms with Gasteiger partial charge in [0, 0.05) is 18.3 Å². The number of imidazole rings is 1. The smallest absolute Gasteiger partial charge is 0.151 e. The van der Waals surface area contributed by atoms with Gasteiger partial charge < -0.3 is 19.4 Å². The van der Waals surface area contributed by atoms with Crippen molar-refractivity contribution in [2.75, 3.05) is 19.5 Å². The van der Waals surface area contributed by atoms with Crippen molar-refractivity contribution in [3.05, 3.63) is 77.9 Å². The predicted molar refractivity (Wildman–Crippen MR) is 121 cm³/mol. The SMILES string of the molecule is COc1ccc(CNc2nnc(-c3ccc(-n4cnc(C)c4)c(OC)c3)cc2C)cc1. The molecular formula is C24H25N5O2. The minimum atomic E-state index is 0.658. The first kappa shape index (κ1) is 20.4. The van der Waals surface area contributed by atoms with Gasteiger partial charge in [0.25, 0.3) is 0 Å². The zero-order valence-corrected chi connectivity index (χ0v) is 18.1. The molecule has 0 spiro atoms. The van der Waals surface area contributed by atoms with E-state index in [2.05, 4.69) is 20.5 Å². The van der Waals surface area contributed by atoms with Crippen molar-refractivity contribution in [1.82, 2.24) is 19.7 Å². The van der Waals surface area contributed by atoms with Crippen LogP contribution in [0.2, 0.25) is 0 Å². The van der Waals surface area contributed by atoms with E-state index in [-0.39, 0.29) is 0 Å². The highest BCUT2D eigenvalue weighted by molar-refractivity contribution is 5.66. The molecule has 158 valence electrons. The second-order valence-corrected chi connectivity index (χ2v) is 7.27. The van der Waals surface area contributed by atoms with Crippen molar-refractivity contribution < 1.29 is 9.47 Å². The molecule has 0 bridgehead atoms. The molecule has 0 amide bonds. The Morgan fingerprint density at radius 1 is 0.935 bits per heavy atom. The molecule has 2 aromatic carbocycles. The van der Waals surface area contributed by atoms with E-state index in [9.17, 15) is 0 Å². The Labute approximate surface area is 181 Å². The number of aryl methyl sites for hydroxylation is 2. The number of nitrogens with zero attached hydrogens (tertiary/aromatic N) is 4. The summed E-state index contributed by atoms with van der Waals surface area (Å²) in [7, 11) is 3.32. The molecule has 1 N–H and O–H groups in total. The molecule has 0 aliphatic rings. The molecule has 0 unspecified atom stereocenters. The van der Waals surface area contributed by atoms with E-state index < -0.39 is 0 Å². The second-order valence-electron chi connectivity index (χ2n) is 7.27. The summed E-state index contributed by atoms with van der Waals surface area (Å²) in [5, 5.41) is 12.2. The first-order valence-electron chi connectivity index (χ1n) is 9.98. The number of hydrogen-bond donors (Lipinski definition) is 1. The van der Waals surface area contributed by atoms with Gasteiger partial charge in [-0.2, -0.15) is 0 Å². The number of rotatable bonds is 7. The van der Waals surface area contributed by atoms with E-state index in [0.717, 1.165) is 51.1 Å². The van der Waals surface area contributed by atoms with Crippen LogP contribution >= 0.6 is 0 Å². The van der Waals surface area contributed by atoms with Gasteiger partial charge in [0.1, 0.15) is 11.5 Å². The van der Waals surface area contributed by atoms with Gasteiger partial charge in [0.15, 0.2) is 5.82 Å². The molecule has 0 fully saturated rings. The Balaban J connectivity index is 1.53. The lowest BCUT2D eigenvalue weighted by Crippen LogP contribution is -2.05. The Bertz CT molecular complexity index is 1190. The number of nitrogens with one attached hydrogen (secondary N) is 1. The lowest BCUT2D eigenvalue weighted by atomic mass is 10.1. The molecule has 0 atom stereocenters. The third-order valence-electron chi connectivity index (χ3n) is 5.07. The molecule has 4 aromatic rings. The van der Waals surface area contributed by atoms with Crippen LogP contribution < -0.4 is 14.8 Å². The topological polar surface area (TPSA) is 74.1 Å². The van der Waals surface area contributed by atoms with Crippen molar-refractivity contribution in [2.24, 2.45) is 0 Å². The van der Waals surface area contributed by atoms with Crippen LogP contribution in [0.3, 0.4) is 0 Å². The fourth-order valence-corrected chi connectivity index (χ4v) is 3.33. The van der Waals surface area contributed by atoms with Crippen molar-refractivity contribution in [3.8, 4) is 28.4 Å². The summed E-state index contributed by atoms with van der Waals surface area (Å²) < 4.78 is 12.8. The minimum Gasteiger partial charge on any atom is -0.497 e. The zero-order valence-electron chi connectivity index (χ0n) is 18.1. The fraction of sp³-hybridized carbons (Fsp3) is 0.208. The number of benzene rings is 2. The van der Waals surface area contributed by atoms with Crippen molar-refractivity contribution in [3.63, 3.8) is 0 Å². The van der Waals surface area contributed by atoms with Gasteiger partial charge in [-0.05, 0) is 55.3 Å². The van der Waals surface area contributed by atoms with Crippen LogP contribution in [0.25, 0.3) is 16.9 Å². The molecule has 2 heterocycles. The van der Waals surface area contributed by atoms with Gasteiger partial charge in [-0.25, -0.2) is 4.98 Å². The number of aromatic nitrogens is 4. The average molecular weight is 415 g/mol. The molecule has 7 nitrogen and oxygen atoms in total. The highest BCUT2D eigenvalue weighted by Gasteiger charge is 2.11. The van der Waals surface area contributed by atoms with E-state index in [4.69, 9.17) is 9.47 Å². The fourth-order valence-electron chi connectivity index (χ4n) is 3.33. The van der Waals surface area contributed by atoms with Crippen LogP contribution in [0.5, 0.6) is 11.5 Å². The normalized spacial score (nSPS) is 10.7. The summed E-state index contributed by atoms with van der Waals surface area (Å²) in [6.45, 7) is 4.64. The maximum atomic E-state index is 5.61. The number of anilines is 1. The molecular weight excluding hydrogens is 390 g/mol. The van der Waals surface area contributed by atoms with Crippen LogP contribution in [-0.4, -0.2) is 34.0 Å². The largest absolute Gasteiger partial charge is 0.497 e. The maximum Gasteiger partial charge on any atom is 0.151 e. The standard InChI is InChI=1S/C24H25N5O2/c1-16-11-21(27-28-24(16)25-13-18-5-8-20(30-3)9-6-18)19-7-10-22(23(12-19)31-4)29-14-17(2)26-15-29/h5-12,14-15H,13H2,1-4H3,(H,25,28). The summed E-state index contributed by atoms with van der Waals surface area (Å²) in [6, 6.07) is 16.0. The molecule has 2 aromatic heterocycles. The van der Waals surface area contributed by atoms with Gasteiger partial charge in [0.05, 0.1) is 37.6 Å². The Morgan fingerprint density at radius 2 is 1.74 bits per heavy atom. The van der Waals surface area contributed by atoms with E-state index in [1.54, 1.807) is 20.5 Å². The first-order chi connectivity index (χ1) is 15.1. The highest BCUT2D eigenvalue weighted by atomic mass is 16.5. The molecule has 0 saturated heterocycles. The second kappa shape index (κ2) is 8.87. The van der Waals surface area contributed by atoms with Crippen molar-refractivity contribution in [1.29, 1.82) is 0 Å². The Kier molecular flexibility index (Phi) is 5.84. The van der Waals surface area contributed by atoms with E-state index in [0.29, 0.717) is 6.54 Å². The van der Waals surface area contributed by atoms with Gasteiger partial charge in [-0.3, -0.25) is 0 Å². The molecule has 0 aliphatic carbocycles. The van der Waals surface area contributed by atoms with Crippen LogP contribution in [0, 0.1) is 13.8 Å². The number of methoxy groups -OCH3 is 2. The maximum absolute atomic E-state index is 5.61. The molecule has 7 heteroatoms. The monoisotopic (exact) mass is 415 g/mol. The number of ether oxygens (including phenoxy) is 2. The van der Waals surface area contributed by atoms with Crippen LogP contribution in [0.1, 0.15) is 16.8 Å². The number of hydrogen-bond acceptors (Lipinski definition) is 6. The van der Waals surface area contributed by atoms with Crippen LogP contribution in [0.15, 0.2) is 61.1 Å². The lowest BCUT2D eigenvalue weighted by Gasteiger charge is -2.12. The first-order valence-corrected chi connectivity index (χ1v) is 9.98. The Hall–Kier alpha value is -3.87. The van der Waals surface area contributed by atoms with E-state index >= 15 is 0 Å². The zero-order chi connectivity index (χ0) is 21.8. The summed E-state index contributed by atoms with van der Waals surface area (Å²) in [5.74, 6) is 2.35. The minimum absolute atomic E-state index is 0.658. The third kappa shape index (κ3) is 4.50. The highest BCUT2D eigenvalue weighted by Crippen LogP contribution is 2.30. The molecule has 0 saturated carbocycles. The lowest BCUT2D eigenvalue weighted by molar-refractivity contribution is 0.413. The summed E-state index contributed by atoms with van der Waals surface area (Å²) >= 11 is 0. The van der Waals surface area contributed by atoms with E-state index in [1.165, 1.54) is 0 Å². The van der Waals surface area contributed by atoms with Crippen molar-refractivity contribution >= 4 is 5.82 Å².